The largest absolute Gasteiger partial charge is 0.507 e. The topological polar surface area (TPSA) is 53.5 Å². The first-order chi connectivity index (χ1) is 9.71. The second-order valence-electron chi connectivity index (χ2n) is 7.37. The highest BCUT2D eigenvalue weighted by Gasteiger charge is 2.37. The zero-order valence-electron chi connectivity index (χ0n) is 13.8. The number of hydrogen-bond acceptors (Lipinski definition) is 4. The molecule has 0 amide bonds. The van der Waals surface area contributed by atoms with E-state index in [-0.39, 0.29) is 16.8 Å². The summed E-state index contributed by atoms with van der Waals surface area (Å²) in [4.78, 5) is 0. The molecule has 0 spiro atoms. The maximum absolute atomic E-state index is 10.0. The first-order valence-corrected chi connectivity index (χ1v) is 7.59. The van der Waals surface area contributed by atoms with Crippen LogP contribution < -0.4 is 15.4 Å². The maximum Gasteiger partial charge on any atom is 0.123 e. The Balaban J connectivity index is 1.99. The Labute approximate surface area is 127 Å². The van der Waals surface area contributed by atoms with Crippen molar-refractivity contribution in [3.63, 3.8) is 0 Å². The Morgan fingerprint density at radius 3 is 2.38 bits per heavy atom. The van der Waals surface area contributed by atoms with E-state index < -0.39 is 0 Å². The first-order valence-electron chi connectivity index (χ1n) is 7.59. The standard InChI is InChI=1S/C17H28N2O2/c1-16(2)9-13(10-17(3,4)19-16)18-11-12-6-7-14(21-5)8-15(12)20/h6-8,13,18-20H,9-11H2,1-5H3. The van der Waals surface area contributed by atoms with Gasteiger partial charge in [-0.15, -0.1) is 0 Å². The minimum atomic E-state index is 0.126. The van der Waals surface area contributed by atoms with Gasteiger partial charge in [0.15, 0.2) is 0 Å². The van der Waals surface area contributed by atoms with E-state index in [9.17, 15) is 5.11 Å². The Morgan fingerprint density at radius 2 is 1.86 bits per heavy atom. The van der Waals surface area contributed by atoms with Crippen molar-refractivity contribution in [2.24, 2.45) is 0 Å². The van der Waals surface area contributed by atoms with Gasteiger partial charge in [0.25, 0.3) is 0 Å². The molecular weight excluding hydrogens is 264 g/mol. The molecule has 0 bridgehead atoms. The lowest BCUT2D eigenvalue weighted by atomic mass is 9.79. The first kappa shape index (κ1) is 16.1. The van der Waals surface area contributed by atoms with Crippen molar-refractivity contribution in [1.82, 2.24) is 10.6 Å². The predicted molar refractivity (Wildman–Crippen MR) is 85.8 cm³/mol. The number of piperidine rings is 1. The number of rotatable bonds is 4. The maximum atomic E-state index is 10.0. The number of hydrogen-bond donors (Lipinski definition) is 3. The molecule has 1 aromatic carbocycles. The molecule has 0 atom stereocenters. The molecule has 1 saturated heterocycles. The van der Waals surface area contributed by atoms with Crippen molar-refractivity contribution in [3.8, 4) is 11.5 Å². The summed E-state index contributed by atoms with van der Waals surface area (Å²) in [5.41, 5.74) is 1.16. The molecular formula is C17H28N2O2. The number of benzene rings is 1. The lowest BCUT2D eigenvalue weighted by Crippen LogP contribution is -2.61. The number of phenols is 1. The van der Waals surface area contributed by atoms with E-state index >= 15 is 0 Å². The Kier molecular flexibility index (Phi) is 4.49. The summed E-state index contributed by atoms with van der Waals surface area (Å²) in [6.07, 6.45) is 2.15. The number of methoxy groups -OCH3 is 1. The molecule has 4 heteroatoms. The zero-order valence-corrected chi connectivity index (χ0v) is 13.8. The van der Waals surface area contributed by atoms with Crippen LogP contribution in [0.15, 0.2) is 18.2 Å². The molecule has 1 aromatic rings. The SMILES string of the molecule is COc1ccc(CNC2CC(C)(C)NC(C)(C)C2)c(O)c1. The summed E-state index contributed by atoms with van der Waals surface area (Å²) >= 11 is 0. The van der Waals surface area contributed by atoms with Gasteiger partial charge in [0.05, 0.1) is 7.11 Å². The van der Waals surface area contributed by atoms with Gasteiger partial charge in [-0.2, -0.15) is 0 Å². The average molecular weight is 292 g/mol. The molecule has 1 fully saturated rings. The molecule has 1 aliphatic rings. The molecule has 21 heavy (non-hydrogen) atoms. The van der Waals surface area contributed by atoms with Crippen LogP contribution in [0, 0.1) is 0 Å². The van der Waals surface area contributed by atoms with Crippen molar-refractivity contribution >= 4 is 0 Å². The summed E-state index contributed by atoms with van der Waals surface area (Å²) in [6.45, 7) is 9.65. The van der Waals surface area contributed by atoms with E-state index in [1.807, 2.05) is 12.1 Å². The van der Waals surface area contributed by atoms with Crippen LogP contribution in [0.3, 0.4) is 0 Å². The fourth-order valence-corrected chi connectivity index (χ4v) is 3.54. The molecule has 0 radical (unpaired) electrons. The van der Waals surface area contributed by atoms with Crippen LogP contribution in [0.2, 0.25) is 0 Å². The molecule has 3 N–H and O–H groups in total. The number of ether oxygens (including phenoxy) is 1. The van der Waals surface area contributed by atoms with Gasteiger partial charge in [-0.05, 0) is 46.6 Å². The monoisotopic (exact) mass is 292 g/mol. The number of phenolic OH excluding ortho intramolecular Hbond substituents is 1. The van der Waals surface area contributed by atoms with Crippen LogP contribution in [0.5, 0.6) is 11.5 Å². The molecule has 0 aromatic heterocycles. The van der Waals surface area contributed by atoms with E-state index in [1.165, 1.54) is 0 Å². The predicted octanol–water partition coefficient (Wildman–Crippen LogP) is 2.80. The van der Waals surface area contributed by atoms with Crippen molar-refractivity contribution in [2.45, 2.75) is 64.2 Å². The van der Waals surface area contributed by atoms with Crippen LogP contribution in [-0.2, 0) is 6.54 Å². The van der Waals surface area contributed by atoms with E-state index in [2.05, 4.69) is 38.3 Å². The minimum Gasteiger partial charge on any atom is -0.507 e. The van der Waals surface area contributed by atoms with Crippen molar-refractivity contribution in [1.29, 1.82) is 0 Å². The van der Waals surface area contributed by atoms with Gasteiger partial charge in [-0.3, -0.25) is 0 Å². The van der Waals surface area contributed by atoms with Crippen LogP contribution >= 0.6 is 0 Å². The van der Waals surface area contributed by atoms with Crippen molar-refractivity contribution in [3.05, 3.63) is 23.8 Å². The molecule has 4 nitrogen and oxygen atoms in total. The highest BCUT2D eigenvalue weighted by atomic mass is 16.5. The molecule has 0 unspecified atom stereocenters. The third kappa shape index (κ3) is 4.35. The summed E-state index contributed by atoms with van der Waals surface area (Å²) < 4.78 is 5.11. The molecule has 1 heterocycles. The van der Waals surface area contributed by atoms with Crippen LogP contribution in [0.1, 0.15) is 46.1 Å². The zero-order chi connectivity index (χ0) is 15.7. The van der Waals surface area contributed by atoms with Gasteiger partial charge in [-0.25, -0.2) is 0 Å². The normalized spacial score (nSPS) is 21.2. The average Bonchev–Trinajstić information content (AvgIpc) is 2.33. The number of aromatic hydroxyl groups is 1. The lowest BCUT2D eigenvalue weighted by molar-refractivity contribution is 0.145. The summed E-state index contributed by atoms with van der Waals surface area (Å²) in [5, 5.41) is 17.3. The smallest absolute Gasteiger partial charge is 0.123 e. The van der Waals surface area contributed by atoms with E-state index in [0.717, 1.165) is 18.4 Å². The molecule has 0 aliphatic carbocycles. The second-order valence-corrected chi connectivity index (χ2v) is 7.37. The van der Waals surface area contributed by atoms with Gasteiger partial charge in [-0.1, -0.05) is 6.07 Å². The Hall–Kier alpha value is -1.26. The van der Waals surface area contributed by atoms with Gasteiger partial charge in [0, 0.05) is 35.3 Å². The lowest BCUT2D eigenvalue weighted by Gasteiger charge is -2.46. The Morgan fingerprint density at radius 1 is 1.24 bits per heavy atom. The molecule has 2 rings (SSSR count). The Bertz CT molecular complexity index is 482. The van der Waals surface area contributed by atoms with Crippen LogP contribution in [0.25, 0.3) is 0 Å². The van der Waals surface area contributed by atoms with Crippen LogP contribution in [-0.4, -0.2) is 29.3 Å². The summed E-state index contributed by atoms with van der Waals surface area (Å²) in [5.74, 6) is 0.967. The highest BCUT2D eigenvalue weighted by Crippen LogP contribution is 2.29. The van der Waals surface area contributed by atoms with Gasteiger partial charge >= 0.3 is 0 Å². The third-order valence-electron chi connectivity index (χ3n) is 4.06. The minimum absolute atomic E-state index is 0.126. The van der Waals surface area contributed by atoms with Crippen molar-refractivity contribution in [2.75, 3.05) is 7.11 Å². The van der Waals surface area contributed by atoms with E-state index in [4.69, 9.17) is 4.74 Å². The van der Waals surface area contributed by atoms with Gasteiger partial charge < -0.3 is 20.5 Å². The summed E-state index contributed by atoms with van der Waals surface area (Å²) in [6, 6.07) is 5.90. The van der Waals surface area contributed by atoms with Gasteiger partial charge in [0.2, 0.25) is 0 Å². The highest BCUT2D eigenvalue weighted by molar-refractivity contribution is 5.39. The third-order valence-corrected chi connectivity index (χ3v) is 4.06. The fourth-order valence-electron chi connectivity index (χ4n) is 3.54. The molecule has 1 aliphatic heterocycles. The van der Waals surface area contributed by atoms with Crippen molar-refractivity contribution < 1.29 is 9.84 Å². The molecule has 118 valence electrons. The fraction of sp³-hybridized carbons (Fsp3) is 0.647. The van der Waals surface area contributed by atoms with Crippen LogP contribution in [0.4, 0.5) is 0 Å². The van der Waals surface area contributed by atoms with E-state index in [1.54, 1.807) is 13.2 Å². The van der Waals surface area contributed by atoms with Gasteiger partial charge in [0.1, 0.15) is 11.5 Å². The van der Waals surface area contributed by atoms with E-state index in [0.29, 0.717) is 18.3 Å². The second kappa shape index (κ2) is 5.85. The summed E-state index contributed by atoms with van der Waals surface area (Å²) in [7, 11) is 1.60. The quantitative estimate of drug-likeness (QED) is 0.799. The molecule has 0 saturated carbocycles. The number of nitrogens with one attached hydrogen (secondary N) is 2.